The summed E-state index contributed by atoms with van der Waals surface area (Å²) in [5.41, 5.74) is 2.02. The highest BCUT2D eigenvalue weighted by Gasteiger charge is 2.42. The maximum atomic E-state index is 13.7. The SMILES string of the molecule is N#Cc1cccc(N2C(=O)N(C3CCN(C(=O)c4ccccc4)CC3)CC2Cc2cccs2)c1. The molecule has 0 spiro atoms. The largest absolute Gasteiger partial charge is 0.338 e. The maximum Gasteiger partial charge on any atom is 0.325 e. The summed E-state index contributed by atoms with van der Waals surface area (Å²) in [6.45, 7) is 1.92. The molecule has 5 rings (SSSR count). The van der Waals surface area contributed by atoms with Crippen LogP contribution in [0, 0.1) is 11.3 Å². The van der Waals surface area contributed by atoms with E-state index in [9.17, 15) is 14.9 Å². The number of rotatable bonds is 5. The highest BCUT2D eigenvalue weighted by molar-refractivity contribution is 7.09. The first kappa shape index (κ1) is 22.2. The summed E-state index contributed by atoms with van der Waals surface area (Å²) < 4.78 is 0. The molecule has 0 aliphatic carbocycles. The summed E-state index contributed by atoms with van der Waals surface area (Å²) in [6, 6.07) is 23.1. The van der Waals surface area contributed by atoms with E-state index in [2.05, 4.69) is 17.5 Å². The molecular weight excluding hydrogens is 444 g/mol. The summed E-state index contributed by atoms with van der Waals surface area (Å²) in [5, 5.41) is 11.4. The van der Waals surface area contributed by atoms with Crippen LogP contribution in [0.4, 0.5) is 10.5 Å². The Labute approximate surface area is 203 Å². The van der Waals surface area contributed by atoms with Crippen LogP contribution < -0.4 is 4.90 Å². The lowest BCUT2D eigenvalue weighted by Gasteiger charge is -2.36. The molecule has 34 heavy (non-hydrogen) atoms. The number of hydrogen-bond donors (Lipinski definition) is 0. The van der Waals surface area contributed by atoms with Crippen LogP contribution in [0.3, 0.4) is 0 Å². The molecular formula is C27H26N4O2S. The number of thiophene rings is 1. The van der Waals surface area contributed by atoms with Crippen molar-refractivity contribution < 1.29 is 9.59 Å². The lowest BCUT2D eigenvalue weighted by molar-refractivity contribution is 0.0664. The first-order valence-electron chi connectivity index (χ1n) is 11.6. The van der Waals surface area contributed by atoms with Crippen LogP contribution in [0.2, 0.25) is 0 Å². The van der Waals surface area contributed by atoms with Gasteiger partial charge in [0.15, 0.2) is 0 Å². The number of nitrogens with zero attached hydrogens (tertiary/aromatic N) is 4. The highest BCUT2D eigenvalue weighted by Crippen LogP contribution is 2.32. The Morgan fingerprint density at radius 2 is 1.82 bits per heavy atom. The topological polar surface area (TPSA) is 67.7 Å². The quantitative estimate of drug-likeness (QED) is 0.539. The smallest absolute Gasteiger partial charge is 0.325 e. The van der Waals surface area contributed by atoms with E-state index >= 15 is 0 Å². The van der Waals surface area contributed by atoms with Crippen molar-refractivity contribution in [3.05, 3.63) is 88.1 Å². The molecule has 2 saturated heterocycles. The van der Waals surface area contributed by atoms with Gasteiger partial charge in [0.2, 0.25) is 0 Å². The van der Waals surface area contributed by atoms with Gasteiger partial charge < -0.3 is 9.80 Å². The number of urea groups is 1. The first-order chi connectivity index (χ1) is 16.6. The Bertz CT molecular complexity index is 1200. The zero-order valence-electron chi connectivity index (χ0n) is 18.8. The van der Waals surface area contributed by atoms with Gasteiger partial charge in [-0.2, -0.15) is 5.26 Å². The van der Waals surface area contributed by atoms with E-state index in [-0.39, 0.29) is 24.0 Å². The van der Waals surface area contributed by atoms with Crippen LogP contribution in [0.25, 0.3) is 0 Å². The van der Waals surface area contributed by atoms with Gasteiger partial charge in [-0.1, -0.05) is 30.3 Å². The van der Waals surface area contributed by atoms with E-state index in [1.807, 2.05) is 63.2 Å². The molecule has 3 amide bonds. The third-order valence-corrected chi connectivity index (χ3v) is 7.61. The Balaban J connectivity index is 1.32. The van der Waals surface area contributed by atoms with Crippen molar-refractivity contribution in [1.29, 1.82) is 5.26 Å². The van der Waals surface area contributed by atoms with E-state index in [4.69, 9.17) is 0 Å². The molecule has 6 nitrogen and oxygen atoms in total. The second-order valence-corrected chi connectivity index (χ2v) is 9.83. The number of hydrogen-bond acceptors (Lipinski definition) is 4. The van der Waals surface area contributed by atoms with Crippen LogP contribution >= 0.6 is 11.3 Å². The fourth-order valence-electron chi connectivity index (χ4n) is 4.99. The molecule has 1 unspecified atom stereocenters. The third kappa shape index (κ3) is 4.42. The van der Waals surface area contributed by atoms with Gasteiger partial charge in [0, 0.05) is 48.2 Å². The fraction of sp³-hybridized carbons (Fsp3) is 0.296. The number of benzene rings is 2. The zero-order valence-corrected chi connectivity index (χ0v) is 19.7. The molecule has 1 atom stereocenters. The molecule has 0 N–H and O–H groups in total. The average molecular weight is 471 g/mol. The third-order valence-electron chi connectivity index (χ3n) is 6.71. The minimum absolute atomic E-state index is 0.00377. The number of piperidine rings is 1. The summed E-state index contributed by atoms with van der Waals surface area (Å²) in [5.74, 6) is 0.0531. The molecule has 0 radical (unpaired) electrons. The van der Waals surface area contributed by atoms with Crippen molar-refractivity contribution in [2.24, 2.45) is 0 Å². The Kier molecular flexibility index (Phi) is 6.33. The molecule has 2 aliphatic heterocycles. The van der Waals surface area contributed by atoms with Crippen molar-refractivity contribution in [2.75, 3.05) is 24.5 Å². The molecule has 2 fully saturated rings. The van der Waals surface area contributed by atoms with Crippen LogP contribution in [-0.2, 0) is 6.42 Å². The van der Waals surface area contributed by atoms with Crippen molar-refractivity contribution >= 4 is 29.0 Å². The number of anilines is 1. The Morgan fingerprint density at radius 3 is 2.53 bits per heavy atom. The lowest BCUT2D eigenvalue weighted by atomic mass is 10.0. The van der Waals surface area contributed by atoms with Crippen LogP contribution in [0.15, 0.2) is 72.1 Å². The number of carbonyl (C=O) groups is 2. The molecule has 0 saturated carbocycles. The minimum atomic E-state index is -0.00974. The highest BCUT2D eigenvalue weighted by atomic mass is 32.1. The molecule has 3 heterocycles. The maximum absolute atomic E-state index is 13.7. The van der Waals surface area contributed by atoms with Crippen molar-refractivity contribution in [2.45, 2.75) is 31.3 Å². The first-order valence-corrected chi connectivity index (χ1v) is 12.5. The molecule has 2 aliphatic rings. The molecule has 172 valence electrons. The Hall–Kier alpha value is -3.63. The van der Waals surface area contributed by atoms with Crippen LogP contribution in [0.1, 0.15) is 33.6 Å². The van der Waals surface area contributed by atoms with E-state index in [0.29, 0.717) is 30.8 Å². The minimum Gasteiger partial charge on any atom is -0.338 e. The van der Waals surface area contributed by atoms with Gasteiger partial charge in [-0.15, -0.1) is 11.3 Å². The van der Waals surface area contributed by atoms with Gasteiger partial charge in [-0.3, -0.25) is 9.69 Å². The fourth-order valence-corrected chi connectivity index (χ4v) is 5.77. The molecule has 3 aromatic rings. The second kappa shape index (κ2) is 9.70. The lowest BCUT2D eigenvalue weighted by Crippen LogP contribution is -2.48. The van der Waals surface area contributed by atoms with Crippen LogP contribution in [0.5, 0.6) is 0 Å². The van der Waals surface area contributed by atoms with Gasteiger partial charge in [-0.25, -0.2) is 4.79 Å². The monoisotopic (exact) mass is 470 g/mol. The van der Waals surface area contributed by atoms with Gasteiger partial charge in [-0.05, 0) is 54.6 Å². The van der Waals surface area contributed by atoms with Gasteiger partial charge >= 0.3 is 6.03 Å². The van der Waals surface area contributed by atoms with Crippen molar-refractivity contribution in [1.82, 2.24) is 9.80 Å². The summed E-state index contributed by atoms with van der Waals surface area (Å²) in [7, 11) is 0. The van der Waals surface area contributed by atoms with E-state index in [1.165, 1.54) is 4.88 Å². The van der Waals surface area contributed by atoms with Gasteiger partial charge in [0.05, 0.1) is 17.7 Å². The van der Waals surface area contributed by atoms with Crippen LogP contribution in [-0.4, -0.2) is 53.5 Å². The number of carbonyl (C=O) groups excluding carboxylic acids is 2. The number of nitriles is 1. The summed E-state index contributed by atoms with van der Waals surface area (Å²) >= 11 is 1.70. The predicted octanol–water partition coefficient (Wildman–Crippen LogP) is 4.78. The van der Waals surface area contributed by atoms with Crippen molar-refractivity contribution in [3.63, 3.8) is 0 Å². The van der Waals surface area contributed by atoms with E-state index < -0.39 is 0 Å². The zero-order chi connectivity index (χ0) is 23.5. The normalized spacial score (nSPS) is 18.9. The van der Waals surface area contributed by atoms with E-state index in [1.54, 1.807) is 23.5 Å². The average Bonchev–Trinajstić information content (AvgIpc) is 3.52. The summed E-state index contributed by atoms with van der Waals surface area (Å²) in [4.78, 5) is 33.5. The molecule has 2 aromatic carbocycles. The van der Waals surface area contributed by atoms with E-state index in [0.717, 1.165) is 24.9 Å². The Morgan fingerprint density at radius 1 is 1.03 bits per heavy atom. The van der Waals surface area contributed by atoms with Gasteiger partial charge in [0.25, 0.3) is 5.91 Å². The number of amides is 3. The van der Waals surface area contributed by atoms with Crippen molar-refractivity contribution in [3.8, 4) is 6.07 Å². The molecule has 0 bridgehead atoms. The summed E-state index contributed by atoms with van der Waals surface area (Å²) in [6.07, 6.45) is 2.31. The van der Waals surface area contributed by atoms with Gasteiger partial charge in [0.1, 0.15) is 0 Å². The molecule has 1 aromatic heterocycles. The second-order valence-electron chi connectivity index (χ2n) is 8.79. The standard InChI is InChI=1S/C27H26N4O2S/c28-18-20-6-4-9-23(16-20)31-24(17-25-10-5-15-34-25)19-30(27(31)33)22-11-13-29(14-12-22)26(32)21-7-2-1-3-8-21/h1-10,15-16,22,24H,11-14,17,19H2. The molecule has 7 heteroatoms. The predicted molar refractivity (Wildman–Crippen MR) is 133 cm³/mol. The number of likely N-dealkylation sites (tertiary alicyclic amines) is 1.